The Morgan fingerprint density at radius 3 is 2.50 bits per heavy atom. The van der Waals surface area contributed by atoms with Crippen molar-refractivity contribution in [2.24, 2.45) is 5.92 Å². The van der Waals surface area contributed by atoms with Gasteiger partial charge in [-0.3, -0.25) is 9.69 Å². The first-order valence-electron chi connectivity index (χ1n) is 10.6. The van der Waals surface area contributed by atoms with Crippen LogP contribution in [0.1, 0.15) is 39.9 Å². The number of carbonyl (C=O) groups is 1. The number of alkyl halides is 3. The first-order valence-corrected chi connectivity index (χ1v) is 10.6. The van der Waals surface area contributed by atoms with Crippen LogP contribution in [0.25, 0.3) is 0 Å². The van der Waals surface area contributed by atoms with Crippen LogP contribution >= 0.6 is 0 Å². The van der Waals surface area contributed by atoms with E-state index in [-0.39, 0.29) is 11.8 Å². The molecule has 1 fully saturated rings. The number of rotatable bonds is 4. The molecule has 1 N–H and O–H groups in total. The molecule has 9 heteroatoms. The molecule has 1 aromatic heterocycles. The third-order valence-electron chi connectivity index (χ3n) is 6.27. The van der Waals surface area contributed by atoms with Gasteiger partial charge in [-0.2, -0.15) is 13.2 Å². The maximum Gasteiger partial charge on any atom is 0.416 e. The second-order valence-corrected chi connectivity index (χ2v) is 8.40. The number of carbonyl (C=O) groups excluding carboxylic acids is 1. The van der Waals surface area contributed by atoms with E-state index >= 15 is 0 Å². The van der Waals surface area contributed by atoms with Gasteiger partial charge in [0.1, 0.15) is 5.82 Å². The Morgan fingerprint density at radius 1 is 1.03 bits per heavy atom. The van der Waals surface area contributed by atoms with E-state index in [1.807, 2.05) is 34.9 Å². The summed E-state index contributed by atoms with van der Waals surface area (Å²) >= 11 is 0. The van der Waals surface area contributed by atoms with Gasteiger partial charge in [-0.1, -0.05) is 30.3 Å². The van der Waals surface area contributed by atoms with E-state index in [9.17, 15) is 18.0 Å². The quantitative estimate of drug-likeness (QED) is 0.660. The van der Waals surface area contributed by atoms with E-state index in [2.05, 4.69) is 20.4 Å². The summed E-state index contributed by atoms with van der Waals surface area (Å²) in [6.45, 7) is 2.85. The molecule has 5 rings (SSSR count). The summed E-state index contributed by atoms with van der Waals surface area (Å²) in [7, 11) is 0. The van der Waals surface area contributed by atoms with Gasteiger partial charge in [0.25, 0.3) is 5.91 Å². The molecule has 2 aromatic carbocycles. The summed E-state index contributed by atoms with van der Waals surface area (Å²) in [5.74, 6) is 1.39. The first-order chi connectivity index (χ1) is 15.4. The second kappa shape index (κ2) is 8.05. The zero-order valence-electron chi connectivity index (χ0n) is 17.2. The number of amides is 1. The highest BCUT2D eigenvalue weighted by Crippen LogP contribution is 2.39. The number of likely N-dealkylation sites (tertiary alicyclic amines) is 1. The van der Waals surface area contributed by atoms with E-state index in [1.165, 1.54) is 0 Å². The van der Waals surface area contributed by atoms with Gasteiger partial charge in [-0.05, 0) is 42.2 Å². The van der Waals surface area contributed by atoms with Gasteiger partial charge in [0.2, 0.25) is 5.82 Å². The number of nitrogens with zero attached hydrogens (tertiary/aromatic N) is 4. The number of benzene rings is 2. The minimum absolute atomic E-state index is 0.156. The van der Waals surface area contributed by atoms with Gasteiger partial charge in [-0.25, -0.2) is 0 Å². The summed E-state index contributed by atoms with van der Waals surface area (Å²) in [6.07, 6.45) is -3.42. The minimum Gasteiger partial charge on any atom is -0.319 e. The van der Waals surface area contributed by atoms with Crippen LogP contribution < -0.4 is 5.32 Å². The number of nitrogens with one attached hydrogen (secondary N) is 1. The smallest absolute Gasteiger partial charge is 0.319 e. The van der Waals surface area contributed by atoms with Crippen LogP contribution in [0.15, 0.2) is 54.6 Å². The number of fused-ring (bicyclic) bond motifs is 3. The predicted molar refractivity (Wildman–Crippen MR) is 112 cm³/mol. The van der Waals surface area contributed by atoms with Crippen molar-refractivity contribution in [3.8, 4) is 0 Å². The Kier molecular flexibility index (Phi) is 5.21. The lowest BCUT2D eigenvalue weighted by molar-refractivity contribution is -0.137. The molecule has 166 valence electrons. The summed E-state index contributed by atoms with van der Waals surface area (Å²) in [5.41, 5.74) is 0.916. The molecule has 0 radical (unpaired) electrons. The minimum atomic E-state index is -4.32. The molecular weight excluding hydrogens is 419 g/mol. The number of hydrogen-bond acceptors (Lipinski definition) is 4. The van der Waals surface area contributed by atoms with Gasteiger partial charge in [-0.15, -0.1) is 10.2 Å². The molecule has 2 atom stereocenters. The van der Waals surface area contributed by atoms with Gasteiger partial charge < -0.3 is 9.88 Å². The van der Waals surface area contributed by atoms with E-state index in [4.69, 9.17) is 0 Å². The fraction of sp³-hybridized carbons (Fsp3) is 0.348. The Morgan fingerprint density at radius 2 is 1.78 bits per heavy atom. The van der Waals surface area contributed by atoms with E-state index in [0.717, 1.165) is 43.0 Å². The third-order valence-corrected chi connectivity index (χ3v) is 6.27. The van der Waals surface area contributed by atoms with Gasteiger partial charge in [0.05, 0.1) is 5.56 Å². The molecule has 6 nitrogen and oxygen atoms in total. The predicted octanol–water partition coefficient (Wildman–Crippen LogP) is 4.17. The molecule has 0 saturated carbocycles. The highest BCUT2D eigenvalue weighted by atomic mass is 19.4. The van der Waals surface area contributed by atoms with Crippen LogP contribution in [0.2, 0.25) is 0 Å². The van der Waals surface area contributed by atoms with Crippen LogP contribution in [0.3, 0.4) is 0 Å². The van der Waals surface area contributed by atoms with E-state index in [1.54, 1.807) is 12.1 Å². The van der Waals surface area contributed by atoms with E-state index in [0.29, 0.717) is 30.5 Å². The van der Waals surface area contributed by atoms with Crippen LogP contribution in [0.4, 0.5) is 18.9 Å². The molecule has 3 heterocycles. The average molecular weight is 441 g/mol. The fourth-order valence-corrected chi connectivity index (χ4v) is 4.71. The highest BCUT2D eigenvalue weighted by molar-refractivity contribution is 6.01. The number of aromatic nitrogens is 3. The van der Waals surface area contributed by atoms with Crippen molar-refractivity contribution >= 4 is 11.6 Å². The topological polar surface area (TPSA) is 63.1 Å². The maximum absolute atomic E-state index is 12.8. The molecule has 1 saturated heterocycles. The highest BCUT2D eigenvalue weighted by Gasteiger charge is 2.41. The Balaban J connectivity index is 1.28. The molecule has 3 aromatic rings. The van der Waals surface area contributed by atoms with Crippen molar-refractivity contribution in [1.29, 1.82) is 0 Å². The number of halogens is 3. The van der Waals surface area contributed by atoms with Crippen molar-refractivity contribution in [2.45, 2.75) is 31.6 Å². The van der Waals surface area contributed by atoms with Crippen LogP contribution in [-0.4, -0.2) is 38.7 Å². The number of hydrogen-bond donors (Lipinski definition) is 1. The monoisotopic (exact) mass is 441 g/mol. The summed E-state index contributed by atoms with van der Waals surface area (Å²) in [6, 6.07) is 14.6. The summed E-state index contributed by atoms with van der Waals surface area (Å²) in [4.78, 5) is 15.0. The lowest BCUT2D eigenvalue weighted by atomic mass is 9.89. The molecule has 1 amide bonds. The first kappa shape index (κ1) is 20.7. The average Bonchev–Trinajstić information content (AvgIpc) is 3.37. The third kappa shape index (κ3) is 4.00. The van der Waals surface area contributed by atoms with Gasteiger partial charge >= 0.3 is 6.18 Å². The van der Waals surface area contributed by atoms with Crippen LogP contribution in [0, 0.1) is 5.92 Å². The second-order valence-electron chi connectivity index (χ2n) is 8.40. The molecule has 0 bridgehead atoms. The van der Waals surface area contributed by atoms with Gasteiger partial charge in [0.15, 0.2) is 0 Å². The molecule has 0 aliphatic carbocycles. The van der Waals surface area contributed by atoms with Crippen molar-refractivity contribution in [3.63, 3.8) is 0 Å². The standard InChI is InChI=1S/C23H22F3N5O/c24-23(25,26)17-8-6-15(7-9-17)12-30-13-16-10-11-31-20(19(16)14-30)28-29-21(31)22(32)27-18-4-2-1-3-5-18/h1-9,16,19H,10-14H2,(H,27,32)/t16-,19+/m1/s1. The van der Waals surface area contributed by atoms with Crippen molar-refractivity contribution in [3.05, 3.63) is 77.4 Å². The molecule has 2 aliphatic rings. The summed E-state index contributed by atoms with van der Waals surface area (Å²) in [5, 5.41) is 11.4. The Bertz CT molecular complexity index is 1110. The number of para-hydroxylation sites is 1. The van der Waals surface area contributed by atoms with Crippen molar-refractivity contribution in [2.75, 3.05) is 18.4 Å². The maximum atomic E-state index is 12.8. The van der Waals surface area contributed by atoms with E-state index < -0.39 is 11.7 Å². The molecule has 0 unspecified atom stereocenters. The zero-order chi connectivity index (χ0) is 22.3. The normalized spacial score (nSPS) is 20.6. The Hall–Kier alpha value is -3.20. The molecule has 2 aliphatic heterocycles. The molecule has 32 heavy (non-hydrogen) atoms. The van der Waals surface area contributed by atoms with Crippen LogP contribution in [0.5, 0.6) is 0 Å². The summed E-state index contributed by atoms with van der Waals surface area (Å²) < 4.78 is 40.3. The largest absolute Gasteiger partial charge is 0.416 e. The SMILES string of the molecule is O=C(Nc1ccccc1)c1nnc2n1CC[C@@H]1CN(Cc3ccc(C(F)(F)F)cc3)C[C@H]21. The van der Waals surface area contributed by atoms with Crippen molar-refractivity contribution in [1.82, 2.24) is 19.7 Å². The van der Waals surface area contributed by atoms with Crippen molar-refractivity contribution < 1.29 is 18.0 Å². The molecular formula is C23H22F3N5O. The van der Waals surface area contributed by atoms with Gasteiger partial charge in [0, 0.05) is 37.8 Å². The number of anilines is 1. The zero-order valence-corrected chi connectivity index (χ0v) is 17.2. The Labute approximate surface area is 183 Å². The lowest BCUT2D eigenvalue weighted by Crippen LogP contribution is -2.27. The lowest BCUT2D eigenvalue weighted by Gasteiger charge is -2.25. The fourth-order valence-electron chi connectivity index (χ4n) is 4.71. The van der Waals surface area contributed by atoms with Crippen LogP contribution in [-0.2, 0) is 19.3 Å². The molecule has 0 spiro atoms.